The molecule has 0 bridgehead atoms. The van der Waals surface area contributed by atoms with E-state index in [9.17, 15) is 33.6 Å². The van der Waals surface area contributed by atoms with Crippen molar-refractivity contribution in [1.82, 2.24) is 15.1 Å². The summed E-state index contributed by atoms with van der Waals surface area (Å²) in [7, 11) is 0. The molecule has 5 rings (SSSR count). The molecule has 0 unspecified atom stereocenters. The number of amidine groups is 1. The number of esters is 1. The van der Waals surface area contributed by atoms with Gasteiger partial charge in [0.2, 0.25) is 5.91 Å². The number of benzene rings is 3. The van der Waals surface area contributed by atoms with E-state index in [0.717, 1.165) is 15.3 Å². The number of hydrogen-bond acceptors (Lipinski definition) is 12. The number of thiophene rings is 1. The van der Waals surface area contributed by atoms with Crippen LogP contribution in [-0.2, 0) is 54.3 Å². The van der Waals surface area contributed by atoms with Crippen LogP contribution in [0.3, 0.4) is 0 Å². The van der Waals surface area contributed by atoms with Crippen molar-refractivity contribution in [3.05, 3.63) is 123 Å². The molecule has 1 aromatic heterocycles. The molecule has 0 saturated heterocycles. The number of carbonyl (C=O) groups excluding carboxylic acids is 7. The molecule has 17 heteroatoms. The zero-order valence-corrected chi connectivity index (χ0v) is 40.5. The van der Waals surface area contributed by atoms with Crippen molar-refractivity contribution in [1.29, 1.82) is 0 Å². The summed E-state index contributed by atoms with van der Waals surface area (Å²) in [5.74, 6) is -2.06. The Bertz CT molecular complexity index is 2450. The van der Waals surface area contributed by atoms with E-state index in [1.54, 1.807) is 123 Å². The van der Waals surface area contributed by atoms with E-state index in [4.69, 9.17) is 18.9 Å². The topological polar surface area (TPSA) is 199 Å². The van der Waals surface area contributed by atoms with Crippen LogP contribution >= 0.6 is 11.3 Å². The van der Waals surface area contributed by atoms with Crippen LogP contribution in [-0.4, -0.2) is 93.6 Å². The van der Waals surface area contributed by atoms with Crippen LogP contribution in [0.2, 0.25) is 0 Å². The van der Waals surface area contributed by atoms with Gasteiger partial charge in [-0.25, -0.2) is 14.4 Å². The number of rotatable bonds is 11. The van der Waals surface area contributed by atoms with Crippen molar-refractivity contribution < 1.29 is 52.5 Å². The second kappa shape index (κ2) is 21.6. The van der Waals surface area contributed by atoms with E-state index < -0.39 is 52.9 Å². The molecule has 4 aromatic rings. The van der Waals surface area contributed by atoms with Gasteiger partial charge in [-0.1, -0.05) is 42.5 Å². The molecule has 0 radical (unpaired) electrons. The molecule has 1 aliphatic rings. The van der Waals surface area contributed by atoms with Crippen LogP contribution < -0.4 is 10.6 Å². The largest absolute Gasteiger partial charge is 0.466 e. The SMILES string of the molecule is CCOC(=O)Cc1cc2c(s1)CCN(C(=O)[C@H](Cc1ccc(NC(=O)c3ccccc3)cc1)NC(=O)c1ccc(C(=NC(=O)OC(C)(C)C)N(C(=O)OC(C)(C)C)C(=O)OC(C)(C)C)cc1)C2. The Balaban J connectivity index is 1.45. The molecule has 1 aliphatic heterocycles. The molecular weight excluding hydrogens is 879 g/mol. The molecule has 0 spiro atoms. The minimum Gasteiger partial charge on any atom is -0.466 e. The van der Waals surface area contributed by atoms with Gasteiger partial charge in [0.05, 0.1) is 13.0 Å². The first-order chi connectivity index (χ1) is 31.4. The van der Waals surface area contributed by atoms with E-state index in [-0.39, 0.29) is 54.9 Å². The summed E-state index contributed by atoms with van der Waals surface area (Å²) in [6.07, 6.45) is -2.69. The molecule has 0 aliphatic carbocycles. The fraction of sp³-hybridized carbons (Fsp3) is 0.400. The molecule has 6 amide bonds. The van der Waals surface area contributed by atoms with Crippen molar-refractivity contribution in [3.63, 3.8) is 0 Å². The smallest absolute Gasteiger partial charge is 0.436 e. The summed E-state index contributed by atoms with van der Waals surface area (Å²) in [6, 6.07) is 22.2. The van der Waals surface area contributed by atoms with E-state index >= 15 is 0 Å². The standard InChI is InChI=1S/C50H59N5O11S/c1-11-63-40(56)29-37-28-35-30-54(26-25-39(35)67-37)44(59)38(27-31-17-23-36(24-18-31)51-42(57)33-15-13-12-14-16-33)52-43(58)34-21-19-32(20-22-34)41(53-45(60)64-48(2,3)4)55(46(61)65-49(5,6)7)47(62)66-50(8,9)10/h12-24,28,38H,11,25-27,29-30H2,1-10H3,(H,51,57)(H,52,58)/t38-/m0/s1. The van der Waals surface area contributed by atoms with Gasteiger partial charge in [0.25, 0.3) is 11.8 Å². The normalized spacial score (nSPS) is 13.3. The minimum atomic E-state index is -1.18. The molecule has 0 fully saturated rings. The summed E-state index contributed by atoms with van der Waals surface area (Å²) in [5, 5.41) is 5.78. The van der Waals surface area contributed by atoms with Crippen LogP contribution in [0.15, 0.2) is 89.9 Å². The van der Waals surface area contributed by atoms with Crippen molar-refractivity contribution in [3.8, 4) is 0 Å². The number of anilines is 1. The molecule has 3 aromatic carbocycles. The number of nitrogens with one attached hydrogen (secondary N) is 2. The van der Waals surface area contributed by atoms with Crippen LogP contribution in [0, 0.1) is 0 Å². The molecule has 16 nitrogen and oxygen atoms in total. The third kappa shape index (κ3) is 15.3. The van der Waals surface area contributed by atoms with Gasteiger partial charge in [0, 0.05) is 51.6 Å². The van der Waals surface area contributed by atoms with E-state index in [1.165, 1.54) is 35.6 Å². The Kier molecular flexibility index (Phi) is 16.5. The molecule has 1 atom stereocenters. The Hall–Kier alpha value is -6.88. The zero-order valence-electron chi connectivity index (χ0n) is 39.6. The number of amides is 6. The lowest BCUT2D eigenvalue weighted by molar-refractivity contribution is -0.142. The van der Waals surface area contributed by atoms with Crippen molar-refractivity contribution >= 4 is 64.8 Å². The first kappa shape index (κ1) is 51.1. The lowest BCUT2D eigenvalue weighted by Gasteiger charge is -2.31. The number of carbonyl (C=O) groups is 7. The van der Waals surface area contributed by atoms with Gasteiger partial charge in [-0.2, -0.15) is 9.89 Å². The summed E-state index contributed by atoms with van der Waals surface area (Å²) < 4.78 is 21.7. The highest BCUT2D eigenvalue weighted by Crippen LogP contribution is 2.30. The highest BCUT2D eigenvalue weighted by molar-refractivity contribution is 7.12. The highest BCUT2D eigenvalue weighted by atomic mass is 32.1. The van der Waals surface area contributed by atoms with Gasteiger partial charge in [-0.05, 0) is 129 Å². The van der Waals surface area contributed by atoms with Crippen LogP contribution in [0.25, 0.3) is 0 Å². The Morgan fingerprint density at radius 3 is 1.87 bits per heavy atom. The molecule has 2 heterocycles. The zero-order chi connectivity index (χ0) is 49.3. The maximum Gasteiger partial charge on any atom is 0.436 e. The van der Waals surface area contributed by atoms with E-state index in [0.29, 0.717) is 34.7 Å². The average molecular weight is 938 g/mol. The maximum absolute atomic E-state index is 14.5. The van der Waals surface area contributed by atoms with Gasteiger partial charge in [0.15, 0.2) is 5.84 Å². The number of ether oxygens (including phenoxy) is 4. The monoisotopic (exact) mass is 937 g/mol. The summed E-state index contributed by atoms with van der Waals surface area (Å²) in [5.41, 5.74) is -0.341. The predicted octanol–water partition coefficient (Wildman–Crippen LogP) is 8.89. The lowest BCUT2D eigenvalue weighted by Crippen LogP contribution is -2.50. The second-order valence-corrected chi connectivity index (χ2v) is 19.9. The maximum atomic E-state index is 14.5. The molecule has 0 saturated carbocycles. The van der Waals surface area contributed by atoms with Crippen molar-refractivity contribution in [2.45, 2.75) is 118 Å². The number of fused-ring (bicyclic) bond motifs is 1. The van der Waals surface area contributed by atoms with Crippen LogP contribution in [0.1, 0.15) is 116 Å². The van der Waals surface area contributed by atoms with Crippen LogP contribution in [0.4, 0.5) is 20.1 Å². The third-order valence-corrected chi connectivity index (χ3v) is 10.7. The number of hydrogen-bond donors (Lipinski definition) is 2. The lowest BCUT2D eigenvalue weighted by atomic mass is 10.0. The van der Waals surface area contributed by atoms with Crippen LogP contribution in [0.5, 0.6) is 0 Å². The summed E-state index contributed by atoms with van der Waals surface area (Å²) in [6.45, 7) is 17.2. The second-order valence-electron chi connectivity index (χ2n) is 18.7. The Morgan fingerprint density at radius 2 is 1.30 bits per heavy atom. The molecule has 67 heavy (non-hydrogen) atoms. The third-order valence-electron chi connectivity index (χ3n) is 9.50. The molecule has 356 valence electrons. The Labute approximate surface area is 395 Å². The highest BCUT2D eigenvalue weighted by Gasteiger charge is 2.37. The quantitative estimate of drug-likeness (QED) is 0.0630. The minimum absolute atomic E-state index is 0.0495. The van der Waals surface area contributed by atoms with Crippen molar-refractivity contribution in [2.75, 3.05) is 18.5 Å². The fourth-order valence-electron chi connectivity index (χ4n) is 6.69. The summed E-state index contributed by atoms with van der Waals surface area (Å²) in [4.78, 5) is 102. The molecular formula is C50H59N5O11S. The average Bonchev–Trinajstić information content (AvgIpc) is 3.63. The first-order valence-electron chi connectivity index (χ1n) is 21.9. The van der Waals surface area contributed by atoms with Gasteiger partial charge < -0.3 is 34.5 Å². The van der Waals surface area contributed by atoms with Gasteiger partial charge in [-0.3, -0.25) is 19.2 Å². The number of aliphatic imine (C=N–C) groups is 1. The predicted molar refractivity (Wildman–Crippen MR) is 253 cm³/mol. The number of imide groups is 1. The number of nitrogens with zero attached hydrogens (tertiary/aromatic N) is 3. The first-order valence-corrected chi connectivity index (χ1v) is 22.7. The van der Waals surface area contributed by atoms with Gasteiger partial charge in [-0.15, -0.1) is 11.3 Å². The van der Waals surface area contributed by atoms with E-state index in [2.05, 4.69) is 15.6 Å². The molecule has 2 N–H and O–H groups in total. The van der Waals surface area contributed by atoms with Gasteiger partial charge >= 0.3 is 24.2 Å². The Morgan fingerprint density at radius 1 is 0.731 bits per heavy atom. The van der Waals surface area contributed by atoms with Gasteiger partial charge in [0.1, 0.15) is 22.8 Å². The summed E-state index contributed by atoms with van der Waals surface area (Å²) >= 11 is 1.52. The van der Waals surface area contributed by atoms with E-state index in [1.807, 2.05) is 12.1 Å². The van der Waals surface area contributed by atoms with Crippen molar-refractivity contribution in [2.24, 2.45) is 4.99 Å². The fourth-order valence-corrected chi connectivity index (χ4v) is 7.84.